The molecule has 1 unspecified atom stereocenters. The van der Waals surface area contributed by atoms with Gasteiger partial charge in [-0.3, -0.25) is 0 Å². The first-order valence-corrected chi connectivity index (χ1v) is 8.56. The number of hydrogen-bond acceptors (Lipinski definition) is 2. The van der Waals surface area contributed by atoms with Crippen LogP contribution in [0, 0.1) is 12.8 Å². The van der Waals surface area contributed by atoms with Crippen LogP contribution in [0.1, 0.15) is 87.0 Å². The highest BCUT2D eigenvalue weighted by atomic mass is 16.3. The number of phenols is 2. The lowest BCUT2D eigenvalue weighted by Gasteiger charge is -2.43. The van der Waals surface area contributed by atoms with Crippen molar-refractivity contribution in [3.8, 4) is 11.5 Å². The van der Waals surface area contributed by atoms with Gasteiger partial charge in [-0.15, -0.1) is 0 Å². The zero-order chi connectivity index (χ0) is 16.2. The van der Waals surface area contributed by atoms with Crippen molar-refractivity contribution in [2.24, 2.45) is 5.92 Å². The summed E-state index contributed by atoms with van der Waals surface area (Å²) in [6, 6.07) is 0. The van der Waals surface area contributed by atoms with Gasteiger partial charge in [0.05, 0.1) is 0 Å². The topological polar surface area (TPSA) is 40.5 Å². The number of aromatic hydroxyl groups is 2. The van der Waals surface area contributed by atoms with Crippen molar-refractivity contribution in [1.29, 1.82) is 0 Å². The Bertz CT molecular complexity index is 638. The quantitative estimate of drug-likeness (QED) is 0.533. The summed E-state index contributed by atoms with van der Waals surface area (Å²) < 4.78 is 0. The minimum Gasteiger partial charge on any atom is -0.504 e. The van der Waals surface area contributed by atoms with E-state index in [1.807, 2.05) is 6.92 Å². The first-order valence-electron chi connectivity index (χ1n) is 8.56. The van der Waals surface area contributed by atoms with E-state index < -0.39 is 0 Å². The molecule has 2 N–H and O–H groups in total. The van der Waals surface area contributed by atoms with Gasteiger partial charge < -0.3 is 10.2 Å². The Hall–Kier alpha value is -1.44. The van der Waals surface area contributed by atoms with E-state index in [0.29, 0.717) is 23.7 Å². The fourth-order valence-corrected chi connectivity index (χ4v) is 4.81. The smallest absolute Gasteiger partial charge is 0.161 e. The van der Waals surface area contributed by atoms with Crippen LogP contribution in [-0.2, 0) is 0 Å². The SMILES string of the molecule is CC(C)=C[C@@H]1C[C@H](C)C2CC[C@H](C)c3c(O)c(O)c(C)c1c32. The molecular weight excluding hydrogens is 272 g/mol. The predicted octanol–water partition coefficient (Wildman–Crippen LogP) is 5.48. The molecule has 120 valence electrons. The minimum atomic E-state index is 0.1000. The largest absolute Gasteiger partial charge is 0.504 e. The maximum Gasteiger partial charge on any atom is 0.161 e. The van der Waals surface area contributed by atoms with E-state index in [1.165, 1.54) is 23.1 Å². The molecule has 1 aromatic rings. The van der Waals surface area contributed by atoms with Crippen molar-refractivity contribution in [3.63, 3.8) is 0 Å². The molecule has 22 heavy (non-hydrogen) atoms. The summed E-state index contributed by atoms with van der Waals surface area (Å²) in [6.45, 7) is 10.8. The Morgan fingerprint density at radius 1 is 1.00 bits per heavy atom. The van der Waals surface area contributed by atoms with Crippen LogP contribution in [0.3, 0.4) is 0 Å². The second-order valence-corrected chi connectivity index (χ2v) is 7.71. The number of benzene rings is 1. The van der Waals surface area contributed by atoms with E-state index in [-0.39, 0.29) is 11.5 Å². The zero-order valence-corrected chi connectivity index (χ0v) is 14.4. The maximum absolute atomic E-state index is 10.5. The van der Waals surface area contributed by atoms with Crippen molar-refractivity contribution < 1.29 is 10.2 Å². The second kappa shape index (κ2) is 5.33. The normalized spacial score (nSPS) is 29.9. The van der Waals surface area contributed by atoms with Gasteiger partial charge in [-0.25, -0.2) is 0 Å². The molecule has 0 amide bonds. The minimum absolute atomic E-state index is 0.1000. The lowest BCUT2D eigenvalue weighted by atomic mass is 9.62. The van der Waals surface area contributed by atoms with Crippen molar-refractivity contribution >= 4 is 0 Å². The van der Waals surface area contributed by atoms with Crippen LogP contribution in [0.25, 0.3) is 0 Å². The molecule has 0 saturated carbocycles. The van der Waals surface area contributed by atoms with Gasteiger partial charge in [0, 0.05) is 11.5 Å². The van der Waals surface area contributed by atoms with Crippen molar-refractivity contribution in [2.75, 3.05) is 0 Å². The van der Waals surface area contributed by atoms with Crippen LogP contribution in [0.15, 0.2) is 11.6 Å². The Balaban J connectivity index is 2.33. The fourth-order valence-electron chi connectivity index (χ4n) is 4.81. The Labute approximate surface area is 133 Å². The highest BCUT2D eigenvalue weighted by Gasteiger charge is 2.40. The lowest BCUT2D eigenvalue weighted by Crippen LogP contribution is -2.28. The molecule has 1 aromatic carbocycles. The number of hydrogen-bond donors (Lipinski definition) is 2. The van der Waals surface area contributed by atoms with Gasteiger partial charge in [-0.2, -0.15) is 0 Å². The maximum atomic E-state index is 10.5. The van der Waals surface area contributed by atoms with E-state index in [2.05, 4.69) is 33.8 Å². The second-order valence-electron chi connectivity index (χ2n) is 7.71. The average molecular weight is 300 g/mol. The molecule has 0 saturated heterocycles. The van der Waals surface area contributed by atoms with Gasteiger partial charge >= 0.3 is 0 Å². The van der Waals surface area contributed by atoms with E-state index >= 15 is 0 Å². The van der Waals surface area contributed by atoms with Crippen LogP contribution < -0.4 is 0 Å². The summed E-state index contributed by atoms with van der Waals surface area (Å²) in [4.78, 5) is 0. The Morgan fingerprint density at radius 2 is 1.68 bits per heavy atom. The third kappa shape index (κ3) is 2.15. The average Bonchev–Trinajstić information content (AvgIpc) is 2.43. The van der Waals surface area contributed by atoms with Crippen molar-refractivity contribution in [2.45, 2.75) is 71.6 Å². The molecule has 2 nitrogen and oxygen atoms in total. The van der Waals surface area contributed by atoms with Crippen LogP contribution >= 0.6 is 0 Å². The summed E-state index contributed by atoms with van der Waals surface area (Å²) in [7, 11) is 0. The molecule has 0 aromatic heterocycles. The van der Waals surface area contributed by atoms with Crippen LogP contribution in [0.2, 0.25) is 0 Å². The molecule has 0 bridgehead atoms. The summed E-state index contributed by atoms with van der Waals surface area (Å²) in [6.07, 6.45) is 5.78. The van der Waals surface area contributed by atoms with Gasteiger partial charge in [0.1, 0.15) is 0 Å². The van der Waals surface area contributed by atoms with Crippen LogP contribution in [-0.4, -0.2) is 10.2 Å². The molecule has 0 radical (unpaired) electrons. The van der Waals surface area contributed by atoms with E-state index in [9.17, 15) is 10.2 Å². The fraction of sp³-hybridized carbons (Fsp3) is 0.600. The molecule has 0 heterocycles. The summed E-state index contributed by atoms with van der Waals surface area (Å²) in [5.74, 6) is 2.09. The monoisotopic (exact) mass is 300 g/mol. The molecule has 4 atom stereocenters. The van der Waals surface area contributed by atoms with Gasteiger partial charge in [0.25, 0.3) is 0 Å². The number of rotatable bonds is 1. The number of allylic oxidation sites excluding steroid dienone is 2. The summed E-state index contributed by atoms with van der Waals surface area (Å²) in [5.41, 5.74) is 5.87. The first-order chi connectivity index (χ1) is 10.3. The Kier molecular flexibility index (Phi) is 3.74. The van der Waals surface area contributed by atoms with Crippen molar-refractivity contribution in [1.82, 2.24) is 0 Å². The molecule has 0 spiro atoms. The Morgan fingerprint density at radius 3 is 2.32 bits per heavy atom. The van der Waals surface area contributed by atoms with E-state index in [4.69, 9.17) is 0 Å². The van der Waals surface area contributed by atoms with Crippen LogP contribution in [0.5, 0.6) is 11.5 Å². The summed E-state index contributed by atoms with van der Waals surface area (Å²) >= 11 is 0. The zero-order valence-electron chi connectivity index (χ0n) is 14.4. The highest BCUT2D eigenvalue weighted by Crippen LogP contribution is 2.57. The van der Waals surface area contributed by atoms with Gasteiger partial charge in [-0.1, -0.05) is 25.5 Å². The molecule has 0 fully saturated rings. The molecular formula is C20H28O2. The molecule has 3 rings (SSSR count). The number of phenolic OH excluding ortho intramolecular Hbond substituents is 2. The predicted molar refractivity (Wildman–Crippen MR) is 90.9 cm³/mol. The molecule has 2 aliphatic carbocycles. The van der Waals surface area contributed by atoms with Gasteiger partial charge in [-0.05, 0) is 74.5 Å². The molecule has 2 aliphatic rings. The third-order valence-electron chi connectivity index (χ3n) is 5.81. The van der Waals surface area contributed by atoms with Crippen LogP contribution in [0.4, 0.5) is 0 Å². The lowest BCUT2D eigenvalue weighted by molar-refractivity contribution is 0.318. The molecule has 0 aliphatic heterocycles. The highest BCUT2D eigenvalue weighted by molar-refractivity contribution is 5.63. The third-order valence-corrected chi connectivity index (χ3v) is 5.81. The standard InChI is InChI=1S/C20H28O2/c1-10(2)8-14-9-12(4)15-7-6-11(3)16-18(15)17(14)13(5)19(21)20(16)22/h8,11-12,14-15,21-22H,6-7,9H2,1-5H3/t11-,12-,14+,15?/m0/s1. The van der Waals surface area contributed by atoms with Gasteiger partial charge in [0.2, 0.25) is 0 Å². The first kappa shape index (κ1) is 15.5. The molecule has 2 heteroatoms. The van der Waals surface area contributed by atoms with Gasteiger partial charge in [0.15, 0.2) is 11.5 Å². The van der Waals surface area contributed by atoms with E-state index in [0.717, 1.165) is 24.0 Å². The summed E-state index contributed by atoms with van der Waals surface area (Å²) in [5, 5.41) is 21.0. The van der Waals surface area contributed by atoms with Crippen molar-refractivity contribution in [3.05, 3.63) is 33.9 Å². The van der Waals surface area contributed by atoms with E-state index in [1.54, 1.807) is 0 Å².